The van der Waals surface area contributed by atoms with Gasteiger partial charge in [0, 0.05) is 19.3 Å². The lowest BCUT2D eigenvalue weighted by Crippen LogP contribution is -2.32. The number of methoxy groups -OCH3 is 1. The highest BCUT2D eigenvalue weighted by atomic mass is 16.5. The van der Waals surface area contributed by atoms with E-state index in [1.54, 1.807) is 13.3 Å². The monoisotopic (exact) mass is 362 g/mol. The maximum atomic E-state index is 12.7. The number of fused-ring (bicyclic) bond motifs is 1. The number of H-pyrrole nitrogens is 1. The predicted molar refractivity (Wildman–Crippen MR) is 108 cm³/mol. The van der Waals surface area contributed by atoms with Gasteiger partial charge in [-0.2, -0.15) is 4.98 Å². The van der Waals surface area contributed by atoms with Gasteiger partial charge < -0.3 is 9.64 Å². The van der Waals surface area contributed by atoms with Gasteiger partial charge in [-0.15, -0.1) is 0 Å². The highest BCUT2D eigenvalue weighted by molar-refractivity contribution is 5.88. The normalized spacial score (nSPS) is 14.8. The zero-order chi connectivity index (χ0) is 18.6. The number of hydrogen-bond acceptors (Lipinski definition) is 5. The van der Waals surface area contributed by atoms with Crippen LogP contribution in [-0.4, -0.2) is 35.2 Å². The standard InChI is InChI=1S/C21H22N4O2/c1-27-17-9-6-15(7-10-17)5-8-16-11-12-22-19-18(16)20(26)24-21(23-19)25-13-3-2-4-14-25/h5-12H,2-4,13-14H2,1H3,(H,22,23,24,26)/b8-5+. The summed E-state index contributed by atoms with van der Waals surface area (Å²) in [5.41, 5.74) is 2.16. The van der Waals surface area contributed by atoms with E-state index >= 15 is 0 Å². The van der Waals surface area contributed by atoms with Crippen LogP contribution in [0.4, 0.5) is 5.95 Å². The minimum atomic E-state index is -0.150. The van der Waals surface area contributed by atoms with Crippen LogP contribution in [0.5, 0.6) is 5.75 Å². The minimum Gasteiger partial charge on any atom is -0.497 e. The van der Waals surface area contributed by atoms with E-state index in [2.05, 4.69) is 19.9 Å². The molecule has 1 saturated heterocycles. The van der Waals surface area contributed by atoms with Gasteiger partial charge in [0.1, 0.15) is 5.75 Å². The molecule has 0 unspecified atom stereocenters. The molecule has 0 bridgehead atoms. The van der Waals surface area contributed by atoms with Crippen molar-refractivity contribution in [3.05, 3.63) is 58.0 Å². The summed E-state index contributed by atoms with van der Waals surface area (Å²) < 4.78 is 5.18. The van der Waals surface area contributed by atoms with Crippen LogP contribution >= 0.6 is 0 Å². The lowest BCUT2D eigenvalue weighted by Gasteiger charge is -2.26. The molecular formula is C21H22N4O2. The van der Waals surface area contributed by atoms with Gasteiger partial charge in [-0.3, -0.25) is 9.78 Å². The molecule has 0 aliphatic carbocycles. The molecule has 0 saturated carbocycles. The molecule has 1 aromatic carbocycles. The number of anilines is 1. The number of benzene rings is 1. The second kappa shape index (κ2) is 7.61. The van der Waals surface area contributed by atoms with E-state index in [1.807, 2.05) is 42.5 Å². The second-order valence-electron chi connectivity index (χ2n) is 6.64. The highest BCUT2D eigenvalue weighted by Gasteiger charge is 2.15. The smallest absolute Gasteiger partial charge is 0.262 e. The maximum absolute atomic E-state index is 12.7. The summed E-state index contributed by atoms with van der Waals surface area (Å²) in [5.74, 6) is 1.43. The molecule has 0 spiro atoms. The van der Waals surface area contributed by atoms with Crippen LogP contribution < -0.4 is 15.2 Å². The Balaban J connectivity index is 1.68. The number of nitrogens with one attached hydrogen (secondary N) is 1. The number of piperidine rings is 1. The third-order valence-electron chi connectivity index (χ3n) is 4.85. The van der Waals surface area contributed by atoms with Gasteiger partial charge in [0.15, 0.2) is 5.65 Å². The van der Waals surface area contributed by atoms with Gasteiger partial charge in [-0.25, -0.2) is 4.98 Å². The Bertz CT molecular complexity index is 1020. The quantitative estimate of drug-likeness (QED) is 0.769. The average molecular weight is 362 g/mol. The maximum Gasteiger partial charge on any atom is 0.262 e. The molecule has 1 aliphatic heterocycles. The molecule has 6 heteroatoms. The average Bonchev–Trinajstić information content (AvgIpc) is 2.73. The molecule has 0 atom stereocenters. The summed E-state index contributed by atoms with van der Waals surface area (Å²) in [4.78, 5) is 26.8. The van der Waals surface area contributed by atoms with Gasteiger partial charge >= 0.3 is 0 Å². The summed E-state index contributed by atoms with van der Waals surface area (Å²) in [7, 11) is 1.64. The Kier molecular flexibility index (Phi) is 4.87. The zero-order valence-corrected chi connectivity index (χ0v) is 15.3. The second-order valence-corrected chi connectivity index (χ2v) is 6.64. The van der Waals surface area contributed by atoms with Crippen molar-refractivity contribution in [3.63, 3.8) is 0 Å². The van der Waals surface area contributed by atoms with E-state index in [-0.39, 0.29) is 5.56 Å². The van der Waals surface area contributed by atoms with E-state index in [0.29, 0.717) is 17.0 Å². The van der Waals surface area contributed by atoms with Gasteiger partial charge in [-0.1, -0.05) is 24.3 Å². The van der Waals surface area contributed by atoms with E-state index in [0.717, 1.165) is 42.8 Å². The van der Waals surface area contributed by atoms with Crippen LogP contribution in [-0.2, 0) is 0 Å². The molecule has 3 aromatic rings. The molecule has 138 valence electrons. The van der Waals surface area contributed by atoms with E-state index < -0.39 is 0 Å². The first-order valence-corrected chi connectivity index (χ1v) is 9.21. The summed E-state index contributed by atoms with van der Waals surface area (Å²) in [5, 5.41) is 0.517. The van der Waals surface area contributed by atoms with E-state index in [1.165, 1.54) is 6.42 Å². The number of hydrogen-bond donors (Lipinski definition) is 1. The number of aromatic amines is 1. The fourth-order valence-electron chi connectivity index (χ4n) is 3.37. The number of ether oxygens (including phenoxy) is 1. The topological polar surface area (TPSA) is 71.1 Å². The molecule has 0 radical (unpaired) electrons. The predicted octanol–water partition coefficient (Wildman–Crippen LogP) is 3.49. The first-order chi connectivity index (χ1) is 13.2. The van der Waals surface area contributed by atoms with Gasteiger partial charge in [0.05, 0.1) is 12.5 Å². The first kappa shape index (κ1) is 17.3. The molecule has 27 heavy (non-hydrogen) atoms. The summed E-state index contributed by atoms with van der Waals surface area (Å²) in [6.07, 6.45) is 9.06. The van der Waals surface area contributed by atoms with Gasteiger partial charge in [0.2, 0.25) is 5.95 Å². The van der Waals surface area contributed by atoms with Crippen LogP contribution in [0, 0.1) is 0 Å². The van der Waals surface area contributed by atoms with Crippen LogP contribution in [0.15, 0.2) is 41.3 Å². The highest BCUT2D eigenvalue weighted by Crippen LogP contribution is 2.19. The summed E-state index contributed by atoms with van der Waals surface area (Å²) in [6.45, 7) is 1.84. The number of nitrogens with zero attached hydrogens (tertiary/aromatic N) is 3. The van der Waals surface area contributed by atoms with Gasteiger partial charge in [0.25, 0.3) is 5.56 Å². The molecule has 1 fully saturated rings. The Hall–Kier alpha value is -3.15. The third kappa shape index (κ3) is 3.69. The molecule has 3 heterocycles. The Morgan fingerprint density at radius 3 is 2.59 bits per heavy atom. The molecule has 6 nitrogen and oxygen atoms in total. The molecular weight excluding hydrogens is 340 g/mol. The SMILES string of the molecule is COc1ccc(/C=C/c2ccnc3nc(N4CCCCC4)[nH]c(=O)c23)cc1. The fourth-order valence-corrected chi connectivity index (χ4v) is 3.37. The molecule has 4 rings (SSSR count). The Morgan fingerprint density at radius 1 is 1.07 bits per heavy atom. The molecule has 2 aromatic heterocycles. The van der Waals surface area contributed by atoms with Crippen LogP contribution in [0.1, 0.15) is 30.4 Å². The van der Waals surface area contributed by atoms with Crippen LogP contribution in [0.25, 0.3) is 23.2 Å². The van der Waals surface area contributed by atoms with Crippen molar-refractivity contribution < 1.29 is 4.74 Å². The van der Waals surface area contributed by atoms with E-state index in [9.17, 15) is 4.79 Å². The van der Waals surface area contributed by atoms with Crippen molar-refractivity contribution in [3.8, 4) is 5.75 Å². The van der Waals surface area contributed by atoms with Crippen LogP contribution in [0.3, 0.4) is 0 Å². The summed E-state index contributed by atoms with van der Waals surface area (Å²) >= 11 is 0. The van der Waals surface area contributed by atoms with Gasteiger partial charge in [-0.05, 0) is 48.6 Å². The molecule has 1 aliphatic rings. The number of pyridine rings is 1. The van der Waals surface area contributed by atoms with Crippen molar-refractivity contribution in [2.75, 3.05) is 25.1 Å². The van der Waals surface area contributed by atoms with E-state index in [4.69, 9.17) is 4.74 Å². The van der Waals surface area contributed by atoms with Crippen molar-refractivity contribution in [1.29, 1.82) is 0 Å². The molecule has 1 N–H and O–H groups in total. The lowest BCUT2D eigenvalue weighted by molar-refractivity contribution is 0.415. The summed E-state index contributed by atoms with van der Waals surface area (Å²) in [6, 6.07) is 9.58. The van der Waals surface area contributed by atoms with Crippen molar-refractivity contribution in [2.24, 2.45) is 0 Å². The van der Waals surface area contributed by atoms with Crippen molar-refractivity contribution in [2.45, 2.75) is 19.3 Å². The largest absolute Gasteiger partial charge is 0.497 e. The zero-order valence-electron chi connectivity index (χ0n) is 15.3. The molecule has 0 amide bonds. The number of rotatable bonds is 4. The number of aromatic nitrogens is 3. The van der Waals surface area contributed by atoms with Crippen molar-refractivity contribution in [1.82, 2.24) is 15.0 Å². The third-order valence-corrected chi connectivity index (χ3v) is 4.85. The fraction of sp³-hybridized carbons (Fsp3) is 0.286. The first-order valence-electron chi connectivity index (χ1n) is 9.21. The Labute approximate surface area is 157 Å². The van der Waals surface area contributed by atoms with Crippen LogP contribution in [0.2, 0.25) is 0 Å². The Morgan fingerprint density at radius 2 is 1.85 bits per heavy atom. The lowest BCUT2D eigenvalue weighted by atomic mass is 10.1. The van der Waals surface area contributed by atoms with Crippen molar-refractivity contribution >= 4 is 29.1 Å². The minimum absolute atomic E-state index is 0.150.